The quantitative estimate of drug-likeness (QED) is 0.789. The second-order valence-electron chi connectivity index (χ2n) is 6.14. The van der Waals surface area contributed by atoms with Crippen LogP contribution in [0.3, 0.4) is 0 Å². The van der Waals surface area contributed by atoms with Crippen molar-refractivity contribution < 1.29 is 9.59 Å². The van der Waals surface area contributed by atoms with E-state index in [1.807, 2.05) is 30.3 Å². The Kier molecular flexibility index (Phi) is 3.34. The number of hydrogen-bond acceptors (Lipinski definition) is 3. The number of nitrogens with zero attached hydrogens (tertiary/aromatic N) is 1. The minimum absolute atomic E-state index is 0.127. The van der Waals surface area contributed by atoms with Crippen LogP contribution >= 0.6 is 0 Å². The summed E-state index contributed by atoms with van der Waals surface area (Å²) in [4.78, 5) is 26.6. The molecule has 2 saturated heterocycles. The first-order chi connectivity index (χ1) is 9.61. The van der Waals surface area contributed by atoms with Gasteiger partial charge in [0.1, 0.15) is 0 Å². The lowest BCUT2D eigenvalue weighted by Crippen LogP contribution is -2.56. The van der Waals surface area contributed by atoms with Crippen LogP contribution in [0.15, 0.2) is 30.3 Å². The van der Waals surface area contributed by atoms with Crippen LogP contribution in [0, 0.1) is 5.41 Å². The van der Waals surface area contributed by atoms with Crippen molar-refractivity contribution >= 4 is 11.8 Å². The summed E-state index contributed by atoms with van der Waals surface area (Å²) in [6.45, 7) is 1.85. The minimum atomic E-state index is -0.242. The molecular weight excluding hydrogens is 252 g/mol. The zero-order valence-electron chi connectivity index (χ0n) is 11.8. The molecule has 3 rings (SSSR count). The third-order valence-electron chi connectivity index (χ3n) is 4.58. The van der Waals surface area contributed by atoms with Gasteiger partial charge in [-0.3, -0.25) is 14.9 Å². The van der Waals surface area contributed by atoms with Crippen molar-refractivity contribution in [1.82, 2.24) is 10.2 Å². The van der Waals surface area contributed by atoms with Crippen LogP contribution in [-0.2, 0) is 9.59 Å². The zero-order chi connectivity index (χ0) is 14.2. The Balaban J connectivity index is 2.02. The van der Waals surface area contributed by atoms with Crippen LogP contribution in [-0.4, -0.2) is 36.9 Å². The number of amides is 2. The zero-order valence-corrected chi connectivity index (χ0v) is 11.8. The topological polar surface area (TPSA) is 49.4 Å². The highest BCUT2D eigenvalue weighted by atomic mass is 16.2. The number of carbonyl (C=O) groups excluding carboxylic acids is 2. The highest BCUT2D eigenvalue weighted by molar-refractivity contribution is 6.02. The average molecular weight is 272 g/mol. The van der Waals surface area contributed by atoms with Gasteiger partial charge in [0, 0.05) is 18.4 Å². The number of piperidine rings is 2. The Hall–Kier alpha value is -1.68. The summed E-state index contributed by atoms with van der Waals surface area (Å²) in [6, 6.07) is 9.86. The van der Waals surface area contributed by atoms with Crippen molar-refractivity contribution in [2.75, 3.05) is 20.1 Å². The lowest BCUT2D eigenvalue weighted by Gasteiger charge is -2.48. The van der Waals surface area contributed by atoms with E-state index in [4.69, 9.17) is 0 Å². The van der Waals surface area contributed by atoms with Crippen molar-refractivity contribution in [3.05, 3.63) is 35.9 Å². The van der Waals surface area contributed by atoms with Gasteiger partial charge in [-0.25, -0.2) is 0 Å². The molecule has 4 nitrogen and oxygen atoms in total. The first kappa shape index (κ1) is 13.3. The molecule has 0 radical (unpaired) electrons. The Bertz CT molecular complexity index is 529. The van der Waals surface area contributed by atoms with Gasteiger partial charge in [-0.2, -0.15) is 0 Å². The number of hydrogen-bond donors (Lipinski definition) is 1. The van der Waals surface area contributed by atoms with E-state index in [9.17, 15) is 9.59 Å². The molecular formula is C16H20N2O2. The molecule has 106 valence electrons. The maximum Gasteiger partial charge on any atom is 0.234 e. The van der Waals surface area contributed by atoms with E-state index >= 15 is 0 Å². The maximum absolute atomic E-state index is 12.4. The monoisotopic (exact) mass is 272 g/mol. The summed E-state index contributed by atoms with van der Waals surface area (Å²) in [7, 11) is 2.07. The van der Waals surface area contributed by atoms with Gasteiger partial charge in [-0.05, 0) is 32.0 Å². The number of likely N-dealkylation sites (tertiary alicyclic amines) is 1. The lowest BCUT2D eigenvalue weighted by molar-refractivity contribution is -0.142. The molecule has 0 bridgehead atoms. The summed E-state index contributed by atoms with van der Waals surface area (Å²) >= 11 is 0. The number of imide groups is 1. The van der Waals surface area contributed by atoms with Gasteiger partial charge in [-0.15, -0.1) is 0 Å². The molecule has 0 aromatic heterocycles. The molecule has 1 aromatic carbocycles. The number of carbonyl (C=O) groups is 2. The summed E-state index contributed by atoms with van der Waals surface area (Å²) in [5.41, 5.74) is 0.779. The van der Waals surface area contributed by atoms with E-state index in [0.717, 1.165) is 31.5 Å². The Morgan fingerprint density at radius 2 is 2.00 bits per heavy atom. The second kappa shape index (κ2) is 5.02. The number of benzene rings is 1. The van der Waals surface area contributed by atoms with Crippen LogP contribution in [0.1, 0.15) is 30.7 Å². The fourth-order valence-electron chi connectivity index (χ4n) is 3.88. The van der Waals surface area contributed by atoms with E-state index in [0.29, 0.717) is 6.42 Å². The molecule has 1 spiro atoms. The van der Waals surface area contributed by atoms with Crippen LogP contribution in [0.5, 0.6) is 0 Å². The molecule has 2 aliphatic rings. The van der Waals surface area contributed by atoms with E-state index in [1.165, 1.54) is 0 Å². The Labute approximate surface area is 119 Å². The van der Waals surface area contributed by atoms with Crippen molar-refractivity contribution in [3.8, 4) is 0 Å². The Morgan fingerprint density at radius 3 is 2.70 bits per heavy atom. The van der Waals surface area contributed by atoms with Crippen LogP contribution < -0.4 is 5.32 Å². The van der Waals surface area contributed by atoms with E-state index < -0.39 is 0 Å². The van der Waals surface area contributed by atoms with Gasteiger partial charge in [-0.1, -0.05) is 30.3 Å². The van der Waals surface area contributed by atoms with Crippen molar-refractivity contribution in [2.24, 2.45) is 5.41 Å². The molecule has 1 N–H and O–H groups in total. The summed E-state index contributed by atoms with van der Waals surface area (Å²) in [6.07, 6.45) is 2.43. The molecule has 2 unspecified atom stereocenters. The highest BCUT2D eigenvalue weighted by Gasteiger charge is 2.50. The Morgan fingerprint density at radius 1 is 1.25 bits per heavy atom. The number of rotatable bonds is 1. The molecule has 0 aliphatic carbocycles. The van der Waals surface area contributed by atoms with Crippen LogP contribution in [0.4, 0.5) is 0 Å². The molecule has 0 saturated carbocycles. The van der Waals surface area contributed by atoms with Gasteiger partial charge < -0.3 is 4.90 Å². The lowest BCUT2D eigenvalue weighted by atomic mass is 9.63. The third-order valence-corrected chi connectivity index (χ3v) is 4.58. The largest absolute Gasteiger partial charge is 0.306 e. The normalized spacial score (nSPS) is 31.4. The standard InChI is InChI=1S/C16H20N2O2/c1-18-9-5-8-16(11-18)10-13(19)17-15(20)14(16)12-6-3-2-4-7-12/h2-4,6-7,14H,5,8-11H2,1H3,(H,17,19,20). The molecule has 1 aromatic rings. The predicted molar refractivity (Wildman–Crippen MR) is 76.1 cm³/mol. The molecule has 2 heterocycles. The first-order valence-electron chi connectivity index (χ1n) is 7.18. The van der Waals surface area contributed by atoms with Crippen LogP contribution in [0.2, 0.25) is 0 Å². The molecule has 2 aliphatic heterocycles. The van der Waals surface area contributed by atoms with Gasteiger partial charge in [0.2, 0.25) is 11.8 Å². The van der Waals surface area contributed by atoms with Crippen molar-refractivity contribution in [3.63, 3.8) is 0 Å². The smallest absolute Gasteiger partial charge is 0.234 e. The van der Waals surface area contributed by atoms with E-state index in [1.54, 1.807) is 0 Å². The molecule has 4 heteroatoms. The van der Waals surface area contributed by atoms with Crippen molar-refractivity contribution in [2.45, 2.75) is 25.2 Å². The fraction of sp³-hybridized carbons (Fsp3) is 0.500. The summed E-state index contributed by atoms with van der Waals surface area (Å²) in [5.74, 6) is -0.482. The van der Waals surface area contributed by atoms with Gasteiger partial charge in [0.15, 0.2) is 0 Å². The highest BCUT2D eigenvalue weighted by Crippen LogP contribution is 2.47. The van der Waals surface area contributed by atoms with Gasteiger partial charge in [0.25, 0.3) is 0 Å². The third kappa shape index (κ3) is 2.24. The maximum atomic E-state index is 12.4. The van der Waals surface area contributed by atoms with Gasteiger partial charge >= 0.3 is 0 Å². The second-order valence-corrected chi connectivity index (χ2v) is 6.14. The van der Waals surface area contributed by atoms with E-state index in [2.05, 4.69) is 17.3 Å². The molecule has 20 heavy (non-hydrogen) atoms. The summed E-state index contributed by atoms with van der Waals surface area (Å²) in [5, 5.41) is 2.52. The minimum Gasteiger partial charge on any atom is -0.306 e. The number of nitrogens with one attached hydrogen (secondary N) is 1. The SMILES string of the molecule is CN1CCCC2(CC(=O)NC(=O)C2c2ccccc2)C1. The van der Waals surface area contributed by atoms with Crippen LogP contribution in [0.25, 0.3) is 0 Å². The fourth-order valence-corrected chi connectivity index (χ4v) is 3.88. The first-order valence-corrected chi connectivity index (χ1v) is 7.18. The molecule has 2 amide bonds. The average Bonchev–Trinajstić information content (AvgIpc) is 2.38. The van der Waals surface area contributed by atoms with Crippen molar-refractivity contribution in [1.29, 1.82) is 0 Å². The van der Waals surface area contributed by atoms with Gasteiger partial charge in [0.05, 0.1) is 5.92 Å². The molecule has 2 atom stereocenters. The predicted octanol–water partition coefficient (Wildman–Crippen LogP) is 1.53. The summed E-state index contributed by atoms with van der Waals surface area (Å²) < 4.78 is 0. The van der Waals surface area contributed by atoms with E-state index in [-0.39, 0.29) is 23.1 Å². The molecule has 2 fully saturated rings.